The monoisotopic (exact) mass is 388 g/mol. The second kappa shape index (κ2) is 8.17. The number of furan rings is 1. The topological polar surface area (TPSA) is 29.8 Å². The van der Waals surface area contributed by atoms with Gasteiger partial charge in [-0.05, 0) is 59.0 Å². The number of hydrogen-bond donors (Lipinski definition) is 1. The third-order valence-corrected chi connectivity index (χ3v) is 6.25. The van der Waals surface area contributed by atoms with Crippen LogP contribution in [-0.2, 0) is 11.8 Å². The fourth-order valence-electron chi connectivity index (χ4n) is 4.08. The van der Waals surface area contributed by atoms with Crippen molar-refractivity contribution in [3.05, 3.63) is 94.6 Å². The van der Waals surface area contributed by atoms with Gasteiger partial charge < -0.3 is 9.73 Å². The van der Waals surface area contributed by atoms with Gasteiger partial charge in [-0.3, -0.25) is 0 Å². The molecule has 3 heteroatoms. The van der Waals surface area contributed by atoms with Crippen molar-refractivity contribution in [1.82, 2.24) is 0 Å². The standard InChI is InChI=1S/C25H25NOS/c1-25(18-20-9-6-16-27-20,15-5-10-21-11-7-17-28-21)24-22-12-4-3-8-19(22)13-14-23(24)26-2/h3-14,16-17,26H,15,18H2,1-2H3/p+1/b10-5+. The fraction of sp³-hybridized carbons (Fsp3) is 0.200. The van der Waals surface area contributed by atoms with Crippen LogP contribution in [0.1, 0.15) is 29.5 Å². The molecule has 0 aliphatic carbocycles. The Labute approximate surface area is 170 Å². The first-order valence-corrected chi connectivity index (χ1v) is 10.6. The summed E-state index contributed by atoms with van der Waals surface area (Å²) >= 11 is 1.77. The SMILES string of the molecule is C[NH2+]c1ccc2ccccc2c1C(C)(C/C=C/c1cccs1)Cc1ccco1. The summed E-state index contributed by atoms with van der Waals surface area (Å²) in [5, 5.41) is 6.97. The smallest absolute Gasteiger partial charge is 0.133 e. The largest absolute Gasteiger partial charge is 0.469 e. The van der Waals surface area contributed by atoms with E-state index >= 15 is 0 Å². The summed E-state index contributed by atoms with van der Waals surface area (Å²) in [5.41, 5.74) is 2.63. The minimum atomic E-state index is -0.0751. The lowest BCUT2D eigenvalue weighted by molar-refractivity contribution is -0.540. The van der Waals surface area contributed by atoms with Crippen molar-refractivity contribution in [2.75, 3.05) is 7.05 Å². The molecular formula is C25H26NOS+. The van der Waals surface area contributed by atoms with Crippen LogP contribution in [0.4, 0.5) is 5.69 Å². The van der Waals surface area contributed by atoms with Gasteiger partial charge in [-0.2, -0.15) is 0 Å². The van der Waals surface area contributed by atoms with Crippen LogP contribution < -0.4 is 5.32 Å². The molecule has 1 unspecified atom stereocenters. The summed E-state index contributed by atoms with van der Waals surface area (Å²) in [4.78, 5) is 1.29. The molecule has 0 saturated heterocycles. The zero-order valence-electron chi connectivity index (χ0n) is 16.4. The van der Waals surface area contributed by atoms with E-state index in [1.807, 2.05) is 6.07 Å². The lowest BCUT2D eigenvalue weighted by atomic mass is 9.73. The van der Waals surface area contributed by atoms with Gasteiger partial charge in [0.15, 0.2) is 0 Å². The summed E-state index contributed by atoms with van der Waals surface area (Å²) in [5.74, 6) is 1.03. The van der Waals surface area contributed by atoms with Crippen molar-refractivity contribution in [3.63, 3.8) is 0 Å². The number of fused-ring (bicyclic) bond motifs is 1. The molecule has 142 valence electrons. The maximum Gasteiger partial charge on any atom is 0.133 e. The van der Waals surface area contributed by atoms with Gasteiger partial charge in [0.1, 0.15) is 11.4 Å². The molecule has 4 aromatic rings. The number of allylic oxidation sites excluding steroid dienone is 1. The molecule has 1 atom stereocenters. The van der Waals surface area contributed by atoms with E-state index in [4.69, 9.17) is 4.42 Å². The summed E-state index contributed by atoms with van der Waals surface area (Å²) < 4.78 is 5.76. The number of quaternary nitrogens is 1. The molecule has 2 aromatic carbocycles. The maximum atomic E-state index is 5.76. The fourth-order valence-corrected chi connectivity index (χ4v) is 4.73. The molecule has 2 heterocycles. The minimum Gasteiger partial charge on any atom is -0.469 e. The van der Waals surface area contributed by atoms with Gasteiger partial charge >= 0.3 is 0 Å². The van der Waals surface area contributed by atoms with E-state index < -0.39 is 0 Å². The average molecular weight is 389 g/mol. The molecule has 2 aromatic heterocycles. The lowest BCUT2D eigenvalue weighted by Crippen LogP contribution is -2.73. The van der Waals surface area contributed by atoms with Crippen LogP contribution in [0, 0.1) is 0 Å². The highest BCUT2D eigenvalue weighted by molar-refractivity contribution is 7.10. The number of hydrogen-bond acceptors (Lipinski definition) is 2. The third kappa shape index (κ3) is 3.82. The predicted molar refractivity (Wildman–Crippen MR) is 119 cm³/mol. The molecule has 28 heavy (non-hydrogen) atoms. The summed E-state index contributed by atoms with van der Waals surface area (Å²) in [6, 6.07) is 21.5. The highest BCUT2D eigenvalue weighted by Crippen LogP contribution is 2.40. The first kappa shape index (κ1) is 18.7. The van der Waals surface area contributed by atoms with Crippen LogP contribution in [0.5, 0.6) is 0 Å². The van der Waals surface area contributed by atoms with Gasteiger partial charge in [0.05, 0.1) is 13.3 Å². The summed E-state index contributed by atoms with van der Waals surface area (Å²) in [6.07, 6.45) is 8.14. The summed E-state index contributed by atoms with van der Waals surface area (Å²) in [6.45, 7) is 2.36. The van der Waals surface area contributed by atoms with Crippen molar-refractivity contribution >= 4 is 33.9 Å². The predicted octanol–water partition coefficient (Wildman–Crippen LogP) is 5.92. The van der Waals surface area contributed by atoms with Gasteiger partial charge in [-0.25, -0.2) is 0 Å². The zero-order valence-corrected chi connectivity index (χ0v) is 17.2. The van der Waals surface area contributed by atoms with Crippen molar-refractivity contribution < 1.29 is 9.73 Å². The Morgan fingerprint density at radius 2 is 1.93 bits per heavy atom. The van der Waals surface area contributed by atoms with Crippen molar-refractivity contribution in [3.8, 4) is 0 Å². The van der Waals surface area contributed by atoms with E-state index in [-0.39, 0.29) is 5.41 Å². The Balaban J connectivity index is 1.81. The van der Waals surface area contributed by atoms with E-state index in [2.05, 4.69) is 91.4 Å². The Morgan fingerprint density at radius 3 is 2.68 bits per heavy atom. The normalized spacial score (nSPS) is 13.9. The van der Waals surface area contributed by atoms with Crippen molar-refractivity contribution in [2.24, 2.45) is 0 Å². The lowest BCUT2D eigenvalue weighted by Gasteiger charge is -2.30. The van der Waals surface area contributed by atoms with Crippen molar-refractivity contribution in [1.29, 1.82) is 0 Å². The molecule has 0 fully saturated rings. The van der Waals surface area contributed by atoms with E-state index in [0.29, 0.717) is 0 Å². The molecule has 0 aliphatic heterocycles. The second-order valence-corrected chi connectivity index (χ2v) is 8.46. The molecule has 0 bridgehead atoms. The third-order valence-electron chi connectivity index (χ3n) is 5.41. The highest BCUT2D eigenvalue weighted by Gasteiger charge is 2.32. The van der Waals surface area contributed by atoms with Crippen LogP contribution in [-0.4, -0.2) is 7.05 Å². The van der Waals surface area contributed by atoms with Crippen molar-refractivity contribution in [2.45, 2.75) is 25.2 Å². The van der Waals surface area contributed by atoms with Gasteiger partial charge in [-0.15, -0.1) is 11.3 Å². The molecule has 2 nitrogen and oxygen atoms in total. The molecule has 0 aliphatic rings. The molecule has 4 rings (SSSR count). The van der Waals surface area contributed by atoms with Gasteiger partial charge in [0.2, 0.25) is 0 Å². The maximum absolute atomic E-state index is 5.76. The van der Waals surface area contributed by atoms with E-state index in [1.165, 1.54) is 26.9 Å². The Morgan fingerprint density at radius 1 is 1.04 bits per heavy atom. The molecule has 0 amide bonds. The van der Waals surface area contributed by atoms with Crippen LogP contribution >= 0.6 is 11.3 Å². The first-order chi connectivity index (χ1) is 13.7. The Hall–Kier alpha value is -2.62. The quantitative estimate of drug-likeness (QED) is 0.391. The Bertz CT molecular complexity index is 1060. The minimum absolute atomic E-state index is 0.0751. The van der Waals surface area contributed by atoms with Crippen LogP contribution in [0.25, 0.3) is 16.8 Å². The molecular weight excluding hydrogens is 362 g/mol. The van der Waals surface area contributed by atoms with Crippen LogP contribution in [0.2, 0.25) is 0 Å². The zero-order chi connectivity index (χ0) is 19.4. The molecule has 0 radical (unpaired) electrons. The van der Waals surface area contributed by atoms with Gasteiger partial charge in [0, 0.05) is 22.3 Å². The van der Waals surface area contributed by atoms with Crippen LogP contribution in [0.15, 0.2) is 82.8 Å². The number of benzene rings is 2. The molecule has 0 saturated carbocycles. The first-order valence-electron chi connectivity index (χ1n) is 9.74. The van der Waals surface area contributed by atoms with Crippen LogP contribution in [0.3, 0.4) is 0 Å². The number of thiophene rings is 1. The van der Waals surface area contributed by atoms with Gasteiger partial charge in [-0.1, -0.05) is 43.3 Å². The molecule has 2 N–H and O–H groups in total. The van der Waals surface area contributed by atoms with E-state index in [1.54, 1.807) is 17.6 Å². The van der Waals surface area contributed by atoms with E-state index in [0.717, 1.165) is 18.6 Å². The van der Waals surface area contributed by atoms with E-state index in [9.17, 15) is 0 Å². The summed E-state index contributed by atoms with van der Waals surface area (Å²) in [7, 11) is 2.13. The number of rotatable bonds is 7. The average Bonchev–Trinajstić information content (AvgIpc) is 3.41. The Kier molecular flexibility index (Phi) is 5.47. The molecule has 0 spiro atoms. The number of nitrogens with two attached hydrogens (primary N) is 1. The second-order valence-electron chi connectivity index (χ2n) is 7.48. The van der Waals surface area contributed by atoms with Gasteiger partial charge in [0.25, 0.3) is 0 Å². The highest BCUT2D eigenvalue weighted by atomic mass is 32.1.